The summed E-state index contributed by atoms with van der Waals surface area (Å²) in [5, 5.41) is 11.4. The lowest BCUT2D eigenvalue weighted by Gasteiger charge is -2.22. The van der Waals surface area contributed by atoms with Crippen molar-refractivity contribution in [3.8, 4) is 0 Å². The maximum atomic E-state index is 13.3. The van der Waals surface area contributed by atoms with Crippen LogP contribution >= 0.6 is 24.0 Å². The van der Waals surface area contributed by atoms with Crippen LogP contribution in [0.5, 0.6) is 0 Å². The van der Waals surface area contributed by atoms with E-state index >= 15 is 0 Å². The lowest BCUT2D eigenvalue weighted by atomic mass is 10.2. The number of hydrogen-bond donors (Lipinski definition) is 1. The third-order valence-electron chi connectivity index (χ3n) is 3.56. The summed E-state index contributed by atoms with van der Waals surface area (Å²) in [6.07, 6.45) is 0. The van der Waals surface area contributed by atoms with Crippen molar-refractivity contribution in [2.75, 3.05) is 13.6 Å². The molecule has 1 aromatic heterocycles. The van der Waals surface area contributed by atoms with E-state index in [0.29, 0.717) is 13.1 Å². The van der Waals surface area contributed by atoms with Crippen molar-refractivity contribution in [3.05, 3.63) is 47.3 Å². The first-order valence-corrected chi connectivity index (χ1v) is 7.60. The minimum atomic E-state index is -0.229. The normalized spacial score (nSPS) is 11.1. The highest BCUT2D eigenvalue weighted by Gasteiger charge is 2.09. The van der Waals surface area contributed by atoms with Crippen molar-refractivity contribution >= 4 is 29.9 Å². The van der Waals surface area contributed by atoms with E-state index in [9.17, 15) is 4.39 Å². The van der Waals surface area contributed by atoms with Gasteiger partial charge in [-0.05, 0) is 31.5 Å². The minimum absolute atomic E-state index is 0. The average molecular weight is 446 g/mol. The van der Waals surface area contributed by atoms with E-state index in [0.717, 1.165) is 29.7 Å². The fourth-order valence-corrected chi connectivity index (χ4v) is 2.19. The van der Waals surface area contributed by atoms with Gasteiger partial charge in [0.2, 0.25) is 0 Å². The average Bonchev–Trinajstić information content (AvgIpc) is 2.83. The molecule has 1 aromatic carbocycles. The van der Waals surface area contributed by atoms with E-state index in [4.69, 9.17) is 0 Å². The standard InChI is InChI=1S/C16H23FN6.HI/c1-5-18-16(19-10-15-21-20-12(2)23(15)4)22(3)11-13-7-6-8-14(17)9-13;/h6-9H,5,10-11H2,1-4H3,(H,18,19);1H. The van der Waals surface area contributed by atoms with Crippen LogP contribution in [-0.4, -0.2) is 39.2 Å². The summed E-state index contributed by atoms with van der Waals surface area (Å²) in [6.45, 7) is 5.68. The van der Waals surface area contributed by atoms with E-state index in [-0.39, 0.29) is 29.8 Å². The highest BCUT2D eigenvalue weighted by Crippen LogP contribution is 2.07. The van der Waals surface area contributed by atoms with Gasteiger partial charge < -0.3 is 14.8 Å². The number of nitrogens with zero attached hydrogens (tertiary/aromatic N) is 5. The van der Waals surface area contributed by atoms with E-state index < -0.39 is 0 Å². The van der Waals surface area contributed by atoms with E-state index in [2.05, 4.69) is 20.5 Å². The molecular weight excluding hydrogens is 422 g/mol. The van der Waals surface area contributed by atoms with Crippen LogP contribution in [0.15, 0.2) is 29.3 Å². The lowest BCUT2D eigenvalue weighted by molar-refractivity contribution is 0.474. The molecule has 0 unspecified atom stereocenters. The molecule has 0 amide bonds. The van der Waals surface area contributed by atoms with Gasteiger partial charge in [-0.15, -0.1) is 34.2 Å². The van der Waals surface area contributed by atoms with Crippen molar-refractivity contribution in [1.29, 1.82) is 0 Å². The van der Waals surface area contributed by atoms with Crippen molar-refractivity contribution in [2.24, 2.45) is 12.0 Å². The quantitative estimate of drug-likeness (QED) is 0.436. The first-order chi connectivity index (χ1) is 11.0. The number of aryl methyl sites for hydroxylation is 1. The van der Waals surface area contributed by atoms with Gasteiger partial charge in [-0.3, -0.25) is 0 Å². The smallest absolute Gasteiger partial charge is 0.194 e. The molecule has 0 saturated heterocycles. The minimum Gasteiger partial charge on any atom is -0.357 e. The molecule has 0 saturated carbocycles. The molecule has 0 aliphatic rings. The Morgan fingerprint density at radius 3 is 2.71 bits per heavy atom. The van der Waals surface area contributed by atoms with Crippen molar-refractivity contribution in [1.82, 2.24) is 25.0 Å². The Hall–Kier alpha value is -1.71. The van der Waals surface area contributed by atoms with Gasteiger partial charge in [-0.2, -0.15) is 0 Å². The number of aromatic nitrogens is 3. The van der Waals surface area contributed by atoms with Crippen LogP contribution in [0, 0.1) is 12.7 Å². The Balaban J connectivity index is 0.00000288. The summed E-state index contributed by atoms with van der Waals surface area (Å²) in [4.78, 5) is 6.55. The number of aliphatic imine (C=N–C) groups is 1. The van der Waals surface area contributed by atoms with Gasteiger partial charge in [0.15, 0.2) is 11.8 Å². The van der Waals surface area contributed by atoms with Gasteiger partial charge in [0, 0.05) is 27.2 Å². The highest BCUT2D eigenvalue weighted by molar-refractivity contribution is 14.0. The van der Waals surface area contributed by atoms with Gasteiger partial charge in [-0.25, -0.2) is 9.38 Å². The van der Waals surface area contributed by atoms with E-state index in [1.54, 1.807) is 6.07 Å². The Morgan fingerprint density at radius 1 is 1.38 bits per heavy atom. The first kappa shape index (κ1) is 20.3. The summed E-state index contributed by atoms with van der Waals surface area (Å²) in [7, 11) is 3.85. The number of rotatable bonds is 5. The number of nitrogens with one attached hydrogen (secondary N) is 1. The second-order valence-corrected chi connectivity index (χ2v) is 5.38. The molecule has 0 radical (unpaired) electrons. The zero-order valence-electron chi connectivity index (χ0n) is 14.5. The second-order valence-electron chi connectivity index (χ2n) is 5.38. The third-order valence-corrected chi connectivity index (χ3v) is 3.56. The number of guanidine groups is 1. The maximum Gasteiger partial charge on any atom is 0.194 e. The van der Waals surface area contributed by atoms with Crippen LogP contribution in [0.4, 0.5) is 4.39 Å². The number of benzene rings is 1. The Labute approximate surface area is 159 Å². The molecule has 2 aromatic rings. The Bertz CT molecular complexity index is 685. The molecular formula is C16H24FIN6. The molecule has 0 spiro atoms. The number of halogens is 2. The van der Waals surface area contributed by atoms with Crippen LogP contribution in [0.3, 0.4) is 0 Å². The first-order valence-electron chi connectivity index (χ1n) is 7.60. The van der Waals surface area contributed by atoms with Crippen molar-refractivity contribution < 1.29 is 4.39 Å². The maximum absolute atomic E-state index is 13.3. The Morgan fingerprint density at radius 2 is 2.12 bits per heavy atom. The monoisotopic (exact) mass is 446 g/mol. The van der Waals surface area contributed by atoms with Crippen molar-refractivity contribution in [3.63, 3.8) is 0 Å². The molecule has 0 fully saturated rings. The summed E-state index contributed by atoms with van der Waals surface area (Å²) in [5.74, 6) is 2.18. The van der Waals surface area contributed by atoms with Gasteiger partial charge in [-0.1, -0.05) is 12.1 Å². The topological polar surface area (TPSA) is 58.3 Å². The van der Waals surface area contributed by atoms with Crippen LogP contribution in [0.1, 0.15) is 24.1 Å². The predicted octanol–water partition coefficient (Wildman–Crippen LogP) is 2.48. The largest absolute Gasteiger partial charge is 0.357 e. The van der Waals surface area contributed by atoms with Crippen LogP contribution in [0.25, 0.3) is 0 Å². The van der Waals surface area contributed by atoms with E-state index in [1.165, 1.54) is 12.1 Å². The molecule has 0 aliphatic heterocycles. The second kappa shape index (κ2) is 9.55. The molecule has 8 heteroatoms. The van der Waals surface area contributed by atoms with Gasteiger partial charge in [0.25, 0.3) is 0 Å². The molecule has 1 N–H and O–H groups in total. The van der Waals surface area contributed by atoms with Gasteiger partial charge >= 0.3 is 0 Å². The third kappa shape index (κ3) is 5.43. The SMILES string of the molecule is CCNC(=NCc1nnc(C)n1C)N(C)Cc1cccc(F)c1.I. The molecule has 2 rings (SSSR count). The molecule has 132 valence electrons. The molecule has 1 heterocycles. The van der Waals surface area contributed by atoms with Crippen LogP contribution in [-0.2, 0) is 20.1 Å². The summed E-state index contributed by atoms with van der Waals surface area (Å²) < 4.78 is 15.2. The fraction of sp³-hybridized carbons (Fsp3) is 0.438. The highest BCUT2D eigenvalue weighted by atomic mass is 127. The van der Waals surface area contributed by atoms with E-state index in [1.807, 2.05) is 43.5 Å². The molecule has 0 atom stereocenters. The summed E-state index contributed by atoms with van der Waals surface area (Å²) in [6, 6.07) is 6.59. The predicted molar refractivity (Wildman–Crippen MR) is 104 cm³/mol. The summed E-state index contributed by atoms with van der Waals surface area (Å²) >= 11 is 0. The Kier molecular flexibility index (Phi) is 8.09. The molecule has 24 heavy (non-hydrogen) atoms. The molecule has 0 bridgehead atoms. The van der Waals surface area contributed by atoms with Gasteiger partial charge in [0.1, 0.15) is 18.2 Å². The lowest BCUT2D eigenvalue weighted by Crippen LogP contribution is -2.38. The molecule has 6 nitrogen and oxygen atoms in total. The van der Waals surface area contributed by atoms with Crippen LogP contribution < -0.4 is 5.32 Å². The van der Waals surface area contributed by atoms with Crippen LogP contribution in [0.2, 0.25) is 0 Å². The zero-order chi connectivity index (χ0) is 16.8. The number of hydrogen-bond acceptors (Lipinski definition) is 3. The van der Waals surface area contributed by atoms with Gasteiger partial charge in [0.05, 0.1) is 0 Å². The van der Waals surface area contributed by atoms with Crippen molar-refractivity contribution in [2.45, 2.75) is 26.9 Å². The zero-order valence-corrected chi connectivity index (χ0v) is 16.8. The summed E-state index contributed by atoms with van der Waals surface area (Å²) in [5.41, 5.74) is 0.896. The molecule has 0 aliphatic carbocycles. The fourth-order valence-electron chi connectivity index (χ4n) is 2.19.